The Kier molecular flexibility index (Phi) is 8.09. The van der Waals surface area contributed by atoms with Gasteiger partial charge in [-0.3, -0.25) is 4.79 Å². The molecule has 1 saturated carbocycles. The van der Waals surface area contributed by atoms with Crippen molar-refractivity contribution >= 4 is 52.4 Å². The third kappa shape index (κ3) is 7.79. The van der Waals surface area contributed by atoms with E-state index in [2.05, 4.69) is 47.6 Å². The number of rotatable bonds is 13. The molecule has 0 amide bonds. The first kappa shape index (κ1) is 26.8. The maximum atomic E-state index is 11.9. The first-order valence-electron chi connectivity index (χ1n) is 14.9. The van der Waals surface area contributed by atoms with Crippen LogP contribution in [0.2, 0.25) is 5.02 Å². The van der Waals surface area contributed by atoms with Crippen LogP contribution in [0, 0.1) is 5.41 Å². The summed E-state index contributed by atoms with van der Waals surface area (Å²) in [6.45, 7) is 3.84. The van der Waals surface area contributed by atoms with Crippen LogP contribution in [0.1, 0.15) is 72.7 Å². The number of halogens is 1. The summed E-state index contributed by atoms with van der Waals surface area (Å²) in [6, 6.07) is 26.5. The van der Waals surface area contributed by atoms with Gasteiger partial charge in [0.05, 0.1) is 23.2 Å². The quantitative estimate of drug-likeness (QED) is 0.163. The number of hydrogen-bond donors (Lipinski definition) is 2. The van der Waals surface area contributed by atoms with Gasteiger partial charge in [-0.2, -0.15) is 11.8 Å². The van der Waals surface area contributed by atoms with Crippen molar-refractivity contribution in [3.63, 3.8) is 0 Å². The van der Waals surface area contributed by atoms with Crippen molar-refractivity contribution in [1.82, 2.24) is 4.98 Å². The monoisotopic (exact) mass is 587 g/mol. The minimum absolute atomic E-state index is 0.0812. The summed E-state index contributed by atoms with van der Waals surface area (Å²) in [5.74, 6) is 0.372. The molecule has 2 N–H and O–H groups in total. The van der Waals surface area contributed by atoms with Gasteiger partial charge in [-0.25, -0.2) is 4.98 Å². The predicted molar refractivity (Wildman–Crippen MR) is 171 cm³/mol. The molecule has 0 radical (unpaired) electrons. The van der Waals surface area contributed by atoms with E-state index >= 15 is 0 Å². The molecule has 0 saturated heterocycles. The van der Waals surface area contributed by atoms with Gasteiger partial charge >= 0.3 is 5.97 Å². The minimum Gasteiger partial charge on any atom is -0.481 e. The maximum Gasteiger partial charge on any atom is 0.303 e. The Morgan fingerprint density at radius 3 is 2.73 bits per heavy atom. The molecule has 1 fully saturated rings. The van der Waals surface area contributed by atoms with Crippen molar-refractivity contribution in [2.24, 2.45) is 5.41 Å². The molecule has 1 atom stereocenters. The lowest BCUT2D eigenvalue weighted by Crippen LogP contribution is -2.18. The van der Waals surface area contributed by atoms with E-state index in [0.717, 1.165) is 59.2 Å². The fourth-order valence-corrected chi connectivity index (χ4v) is 7.07. The summed E-state index contributed by atoms with van der Waals surface area (Å²) in [5.41, 5.74) is 5.43. The van der Waals surface area contributed by atoms with Crippen molar-refractivity contribution in [2.45, 2.75) is 56.8 Å². The van der Waals surface area contributed by atoms with Crippen LogP contribution in [0.5, 0.6) is 0 Å². The number of hydrogen-bond acceptors (Lipinski definition) is 5. The molecule has 0 aliphatic heterocycles. The van der Waals surface area contributed by atoms with E-state index in [4.69, 9.17) is 24.6 Å². The molecule has 5 rings (SSSR count). The Hall–Kier alpha value is -3.12. The van der Waals surface area contributed by atoms with Crippen molar-refractivity contribution in [3.8, 4) is 0 Å². The standard InChI is InChI=1S/C35H36ClNO3S/c1-34(2,40)30-9-4-3-7-25(30)13-17-32(41-23-35(18-19-35)22-33(38)39)27-8-5-6-24(20-27)10-15-29-16-12-26-11-14-28(36)21-31(26)37-29/h3-12,14-16,20-21,32,40H,13,17-19,22-23H2,1-2H3,(H,38,39)/b15-10+/t32-/m1/s1/i40D/hD. The molecule has 4 aromatic rings. The van der Waals surface area contributed by atoms with E-state index in [1.165, 1.54) is 11.1 Å². The molecule has 3 aromatic carbocycles. The Morgan fingerprint density at radius 1 is 1.10 bits per heavy atom. The molecular formula is C35H36ClNO3S. The van der Waals surface area contributed by atoms with Crippen LogP contribution in [0.3, 0.4) is 0 Å². The van der Waals surface area contributed by atoms with E-state index in [1.807, 2.05) is 74.1 Å². The highest BCUT2D eigenvalue weighted by Gasteiger charge is 2.44. The van der Waals surface area contributed by atoms with Gasteiger partial charge in [0, 0.05) is 21.4 Å². The Bertz CT molecular complexity index is 1620. The molecule has 1 aromatic heterocycles. The van der Waals surface area contributed by atoms with Gasteiger partial charge in [0.15, 0.2) is 0 Å². The average Bonchev–Trinajstić information content (AvgIpc) is 3.79. The molecule has 1 heterocycles. The number of nitrogens with zero attached hydrogens (tertiary/aromatic N) is 1. The van der Waals surface area contributed by atoms with Crippen LogP contribution in [0.15, 0.2) is 78.9 Å². The number of thioether (sulfide) groups is 1. The highest BCUT2D eigenvalue weighted by Crippen LogP contribution is 2.53. The Labute approximate surface area is 254 Å². The fourth-order valence-electron chi connectivity index (χ4n) is 5.33. The van der Waals surface area contributed by atoms with Crippen LogP contribution in [0.4, 0.5) is 0 Å². The molecule has 0 bridgehead atoms. The zero-order valence-corrected chi connectivity index (χ0v) is 25.0. The second-order valence-corrected chi connectivity index (χ2v) is 13.3. The number of pyridine rings is 1. The highest BCUT2D eigenvalue weighted by molar-refractivity contribution is 7.99. The largest absolute Gasteiger partial charge is 0.481 e. The third-order valence-electron chi connectivity index (χ3n) is 7.81. The smallest absolute Gasteiger partial charge is 0.303 e. The number of fused-ring (bicyclic) bond motifs is 1. The predicted octanol–water partition coefficient (Wildman–Crippen LogP) is 8.95. The lowest BCUT2D eigenvalue weighted by molar-refractivity contribution is -0.138. The number of carboxylic acid groups (broad SMARTS) is 1. The number of benzene rings is 3. The van der Waals surface area contributed by atoms with Crippen LogP contribution in [-0.4, -0.2) is 28.4 Å². The summed E-state index contributed by atoms with van der Waals surface area (Å²) >= 11 is 8.05. The summed E-state index contributed by atoms with van der Waals surface area (Å²) in [6.07, 6.45) is 8.06. The highest BCUT2D eigenvalue weighted by atomic mass is 35.5. The zero-order chi connectivity index (χ0) is 30.5. The van der Waals surface area contributed by atoms with Gasteiger partial charge in [0.1, 0.15) is 0 Å². The van der Waals surface area contributed by atoms with Crippen LogP contribution >= 0.6 is 23.4 Å². The number of carboxylic acids is 1. The molecule has 4 nitrogen and oxygen atoms in total. The van der Waals surface area contributed by atoms with Gasteiger partial charge in [0.25, 0.3) is 1.43 Å². The molecular weight excluding hydrogens is 550 g/mol. The van der Waals surface area contributed by atoms with Crippen LogP contribution in [0.25, 0.3) is 24.5 Å². The van der Waals surface area contributed by atoms with E-state index in [-0.39, 0.29) is 10.7 Å². The number of aryl methyl sites for hydroxylation is 1. The Morgan fingerprint density at radius 2 is 1.93 bits per heavy atom. The Balaban J connectivity index is 1.37. The number of aliphatic carboxylic acids is 1. The molecule has 41 heavy (non-hydrogen) atoms. The summed E-state index contributed by atoms with van der Waals surface area (Å²) < 4.78 is 14.6. The first-order valence-corrected chi connectivity index (χ1v) is 15.5. The molecule has 1 aliphatic carbocycles. The summed E-state index contributed by atoms with van der Waals surface area (Å²) in [4.78, 5) is 16.7. The molecule has 6 heteroatoms. The number of carbonyl (C=O) groups is 1. The summed E-state index contributed by atoms with van der Waals surface area (Å²) in [7, 11) is 0. The van der Waals surface area contributed by atoms with E-state index < -0.39 is 11.6 Å². The van der Waals surface area contributed by atoms with Gasteiger partial charge < -0.3 is 10.2 Å². The number of aromatic nitrogens is 1. The van der Waals surface area contributed by atoms with Gasteiger partial charge in [-0.05, 0) is 91.5 Å². The van der Waals surface area contributed by atoms with Gasteiger partial charge in [-0.1, -0.05) is 78.3 Å². The van der Waals surface area contributed by atoms with Gasteiger partial charge in [-0.15, -0.1) is 0 Å². The third-order valence-corrected chi connectivity index (χ3v) is 9.74. The molecule has 1 aliphatic rings. The molecule has 0 spiro atoms. The topological polar surface area (TPSA) is 70.4 Å². The average molecular weight is 588 g/mol. The van der Waals surface area contributed by atoms with Crippen molar-refractivity contribution < 1.29 is 15.0 Å². The molecule has 0 unspecified atom stereocenters. The number of aliphatic hydroxyl groups is 1. The van der Waals surface area contributed by atoms with Crippen molar-refractivity contribution in [3.05, 3.63) is 112 Å². The van der Waals surface area contributed by atoms with Crippen LogP contribution in [-0.2, 0) is 16.8 Å². The van der Waals surface area contributed by atoms with E-state index in [9.17, 15) is 4.79 Å². The van der Waals surface area contributed by atoms with Crippen molar-refractivity contribution in [1.29, 1.82) is 2.86 Å². The minimum atomic E-state index is -0.708. The molecule has 212 valence electrons. The van der Waals surface area contributed by atoms with E-state index in [0.29, 0.717) is 11.4 Å². The SMILES string of the molecule is [2H]OC(=O)CC1(CS[C@H](CCc2ccccc2C(C)(C)O[2H])c2cccc(/C=C/c3ccc4ccc(Cl)cc4n3)c2)CC1. The lowest BCUT2D eigenvalue weighted by atomic mass is 9.90. The second-order valence-electron chi connectivity index (χ2n) is 11.6. The zero-order valence-electron chi connectivity index (χ0n) is 25.4. The van der Waals surface area contributed by atoms with Gasteiger partial charge in [0.2, 0.25) is 1.43 Å². The summed E-state index contributed by atoms with van der Waals surface area (Å²) in [5, 5.41) is 11.2. The lowest BCUT2D eigenvalue weighted by Gasteiger charge is -2.24. The second kappa shape index (κ2) is 12.4. The van der Waals surface area contributed by atoms with Crippen LogP contribution < -0.4 is 0 Å². The normalized spacial score (nSPS) is 15.9. The maximum absolute atomic E-state index is 11.9. The fraction of sp³-hybridized carbons (Fsp3) is 0.314. The van der Waals surface area contributed by atoms with E-state index in [1.54, 1.807) is 0 Å². The van der Waals surface area contributed by atoms with Crippen molar-refractivity contribution in [2.75, 3.05) is 5.75 Å². The first-order chi connectivity index (χ1) is 20.7.